The average Bonchev–Trinajstić information content (AvgIpc) is 2.29. The molecule has 3 rings (SSSR count). The van der Waals surface area contributed by atoms with E-state index in [1.54, 1.807) is 0 Å². The van der Waals surface area contributed by atoms with Gasteiger partial charge in [-0.3, -0.25) is 0 Å². The van der Waals surface area contributed by atoms with Crippen molar-refractivity contribution in [3.63, 3.8) is 0 Å². The molecule has 1 amide bonds. The van der Waals surface area contributed by atoms with Crippen LogP contribution < -0.4 is 5.73 Å². The van der Waals surface area contributed by atoms with Crippen LogP contribution in [0.3, 0.4) is 0 Å². The SMILES string of the molecule is CC(C)(C)C1CC2(CCO)CCC1(OC(N)=O)CC2. The van der Waals surface area contributed by atoms with Gasteiger partial charge in [0.05, 0.1) is 0 Å². The Labute approximate surface area is 115 Å². The van der Waals surface area contributed by atoms with Crippen LogP contribution in [0.25, 0.3) is 0 Å². The van der Waals surface area contributed by atoms with E-state index in [4.69, 9.17) is 10.5 Å². The smallest absolute Gasteiger partial charge is 0.405 e. The van der Waals surface area contributed by atoms with E-state index in [-0.39, 0.29) is 23.0 Å². The van der Waals surface area contributed by atoms with Gasteiger partial charge in [0.1, 0.15) is 5.60 Å². The summed E-state index contributed by atoms with van der Waals surface area (Å²) in [4.78, 5) is 11.3. The summed E-state index contributed by atoms with van der Waals surface area (Å²) in [6.07, 6.45) is 5.10. The maximum Gasteiger partial charge on any atom is 0.405 e. The molecule has 3 aliphatic carbocycles. The van der Waals surface area contributed by atoms with Gasteiger partial charge in [0.25, 0.3) is 0 Å². The summed E-state index contributed by atoms with van der Waals surface area (Å²) in [6.45, 7) is 6.87. The van der Waals surface area contributed by atoms with Crippen LogP contribution in [0.4, 0.5) is 4.79 Å². The summed E-state index contributed by atoms with van der Waals surface area (Å²) < 4.78 is 5.60. The third-order valence-electron chi connectivity index (χ3n) is 5.42. The molecule has 0 aromatic carbocycles. The molecule has 0 saturated heterocycles. The summed E-state index contributed by atoms with van der Waals surface area (Å²) >= 11 is 0. The first-order chi connectivity index (χ1) is 8.73. The highest BCUT2D eigenvalue weighted by Gasteiger charge is 2.59. The number of fused-ring (bicyclic) bond motifs is 3. The van der Waals surface area contributed by atoms with E-state index < -0.39 is 6.09 Å². The van der Waals surface area contributed by atoms with Gasteiger partial charge in [0.2, 0.25) is 0 Å². The van der Waals surface area contributed by atoms with Gasteiger partial charge in [-0.05, 0) is 49.4 Å². The molecule has 3 N–H and O–H groups in total. The van der Waals surface area contributed by atoms with Crippen molar-refractivity contribution in [1.29, 1.82) is 0 Å². The molecule has 0 aromatic heterocycles. The Morgan fingerprint density at radius 3 is 2.32 bits per heavy atom. The zero-order valence-electron chi connectivity index (χ0n) is 12.4. The van der Waals surface area contributed by atoms with Crippen molar-refractivity contribution in [3.05, 3.63) is 0 Å². The van der Waals surface area contributed by atoms with Gasteiger partial charge in [-0.25, -0.2) is 4.79 Å². The molecule has 0 aromatic rings. The number of hydrogen-bond donors (Lipinski definition) is 2. The summed E-state index contributed by atoms with van der Waals surface area (Å²) in [5.41, 5.74) is 5.25. The van der Waals surface area contributed by atoms with Crippen molar-refractivity contribution in [2.75, 3.05) is 6.61 Å². The first kappa shape index (κ1) is 14.6. The number of nitrogens with two attached hydrogens (primary N) is 1. The van der Waals surface area contributed by atoms with E-state index in [2.05, 4.69) is 20.8 Å². The summed E-state index contributed by atoms with van der Waals surface area (Å²) in [7, 11) is 0. The van der Waals surface area contributed by atoms with Crippen molar-refractivity contribution in [3.8, 4) is 0 Å². The van der Waals surface area contributed by atoms with Gasteiger partial charge in [0, 0.05) is 12.5 Å². The molecular weight excluding hydrogens is 242 g/mol. The Kier molecular flexibility index (Phi) is 3.58. The van der Waals surface area contributed by atoms with Gasteiger partial charge in [0.15, 0.2) is 0 Å². The fraction of sp³-hybridized carbons (Fsp3) is 0.933. The fourth-order valence-corrected chi connectivity index (χ4v) is 4.43. The molecule has 19 heavy (non-hydrogen) atoms. The van der Waals surface area contributed by atoms with Gasteiger partial charge >= 0.3 is 6.09 Å². The molecule has 3 aliphatic rings. The van der Waals surface area contributed by atoms with Crippen molar-refractivity contribution < 1.29 is 14.6 Å². The Hall–Kier alpha value is -0.770. The van der Waals surface area contributed by atoms with Gasteiger partial charge in [-0.15, -0.1) is 0 Å². The van der Waals surface area contributed by atoms with Crippen LogP contribution >= 0.6 is 0 Å². The van der Waals surface area contributed by atoms with E-state index in [0.29, 0.717) is 5.92 Å². The average molecular weight is 269 g/mol. The minimum Gasteiger partial charge on any atom is -0.443 e. The van der Waals surface area contributed by atoms with Crippen LogP contribution in [0.15, 0.2) is 0 Å². The van der Waals surface area contributed by atoms with Crippen LogP contribution in [-0.2, 0) is 4.74 Å². The molecule has 3 saturated carbocycles. The third-order valence-corrected chi connectivity index (χ3v) is 5.42. The summed E-state index contributed by atoms with van der Waals surface area (Å²) in [6, 6.07) is 0. The Bertz CT molecular complexity index is 351. The minimum absolute atomic E-state index is 0.0804. The predicted molar refractivity (Wildman–Crippen MR) is 73.6 cm³/mol. The number of aliphatic hydroxyl groups is 1. The van der Waals surface area contributed by atoms with Crippen molar-refractivity contribution >= 4 is 6.09 Å². The van der Waals surface area contributed by atoms with E-state index in [0.717, 1.165) is 38.5 Å². The van der Waals surface area contributed by atoms with E-state index >= 15 is 0 Å². The van der Waals surface area contributed by atoms with Crippen molar-refractivity contribution in [2.45, 2.75) is 64.9 Å². The number of amides is 1. The number of rotatable bonds is 3. The zero-order valence-corrected chi connectivity index (χ0v) is 12.4. The second-order valence-corrected chi connectivity index (χ2v) is 7.58. The lowest BCUT2D eigenvalue weighted by molar-refractivity contribution is -0.171. The number of carbonyl (C=O) groups excluding carboxylic acids is 1. The number of ether oxygens (including phenoxy) is 1. The minimum atomic E-state index is -0.647. The second-order valence-electron chi connectivity index (χ2n) is 7.58. The molecule has 0 radical (unpaired) electrons. The van der Waals surface area contributed by atoms with Crippen LogP contribution in [-0.4, -0.2) is 23.4 Å². The molecule has 0 heterocycles. The third kappa shape index (κ3) is 2.60. The van der Waals surface area contributed by atoms with Gasteiger partial charge in [-0.1, -0.05) is 20.8 Å². The first-order valence-corrected chi connectivity index (χ1v) is 7.32. The van der Waals surface area contributed by atoms with E-state index in [1.165, 1.54) is 0 Å². The molecule has 2 bridgehead atoms. The van der Waals surface area contributed by atoms with Crippen LogP contribution in [0.2, 0.25) is 0 Å². The molecule has 1 atom stereocenters. The lowest BCUT2D eigenvalue weighted by Gasteiger charge is -2.60. The number of primary amides is 1. The molecule has 4 heteroatoms. The normalized spacial score (nSPS) is 38.2. The molecule has 0 spiro atoms. The van der Waals surface area contributed by atoms with Gasteiger partial charge < -0.3 is 15.6 Å². The lowest BCUT2D eigenvalue weighted by Crippen LogP contribution is -2.59. The highest BCUT2D eigenvalue weighted by atomic mass is 16.6. The fourth-order valence-electron chi connectivity index (χ4n) is 4.43. The van der Waals surface area contributed by atoms with Crippen LogP contribution in [0, 0.1) is 16.7 Å². The predicted octanol–water partition coefficient (Wildman–Crippen LogP) is 2.83. The highest BCUT2D eigenvalue weighted by Crippen LogP contribution is 2.62. The van der Waals surface area contributed by atoms with Gasteiger partial charge in [-0.2, -0.15) is 0 Å². The zero-order chi connectivity index (χ0) is 14.3. The maximum absolute atomic E-state index is 11.3. The van der Waals surface area contributed by atoms with Crippen LogP contribution in [0.1, 0.15) is 59.3 Å². The van der Waals surface area contributed by atoms with Crippen molar-refractivity contribution in [2.24, 2.45) is 22.5 Å². The molecule has 4 nitrogen and oxygen atoms in total. The molecule has 3 fully saturated rings. The lowest BCUT2D eigenvalue weighted by atomic mass is 9.48. The maximum atomic E-state index is 11.3. The first-order valence-electron chi connectivity index (χ1n) is 7.32. The molecular formula is C15H27NO3. The Balaban J connectivity index is 2.28. The summed E-state index contributed by atoms with van der Waals surface area (Å²) in [5.74, 6) is 0.321. The Morgan fingerprint density at radius 2 is 1.89 bits per heavy atom. The second kappa shape index (κ2) is 4.65. The topological polar surface area (TPSA) is 72.6 Å². The Morgan fingerprint density at radius 1 is 1.32 bits per heavy atom. The number of aliphatic hydroxyl groups excluding tert-OH is 1. The van der Waals surface area contributed by atoms with E-state index in [9.17, 15) is 9.90 Å². The van der Waals surface area contributed by atoms with Crippen LogP contribution in [0.5, 0.6) is 0 Å². The number of hydrogen-bond acceptors (Lipinski definition) is 3. The van der Waals surface area contributed by atoms with E-state index in [1.807, 2.05) is 0 Å². The molecule has 1 unspecified atom stereocenters. The number of carbonyl (C=O) groups is 1. The largest absolute Gasteiger partial charge is 0.443 e. The monoisotopic (exact) mass is 269 g/mol. The summed E-state index contributed by atoms with van der Waals surface area (Å²) in [5, 5.41) is 9.33. The standard InChI is InChI=1S/C15H27NO3/c1-13(2,3)11-10-14(8-9-17)4-6-15(11,7-5-14)19-12(16)18/h11,17H,4-10H2,1-3H3,(H2,16,18). The molecule has 0 aliphatic heterocycles. The van der Waals surface area contributed by atoms with Crippen molar-refractivity contribution in [1.82, 2.24) is 0 Å². The highest BCUT2D eigenvalue weighted by molar-refractivity contribution is 5.65. The molecule has 110 valence electrons. The quantitative estimate of drug-likeness (QED) is 0.827.